The topological polar surface area (TPSA) is 104 Å². The third kappa shape index (κ3) is 4.06. The molecule has 6 nitrogen and oxygen atoms in total. The number of hydrogen-bond donors (Lipinski definition) is 3. The standard InChI is InChI=1S/C17H17F2NO5S/c1-10-4-3-5-14(15(10)16(21)22)26(24,25)20-9-17(2,23)12-7-6-11(18)8-13(12)19/h3-8,20,23H,9H2,1-2H3,(H,21,22). The van der Waals surface area contributed by atoms with Gasteiger partial charge in [-0.1, -0.05) is 18.2 Å². The summed E-state index contributed by atoms with van der Waals surface area (Å²) in [4.78, 5) is 10.9. The maximum atomic E-state index is 13.9. The maximum absolute atomic E-state index is 13.9. The SMILES string of the molecule is Cc1cccc(S(=O)(=O)NCC(C)(O)c2ccc(F)cc2F)c1C(=O)O. The van der Waals surface area contributed by atoms with Gasteiger partial charge in [-0.3, -0.25) is 0 Å². The predicted octanol–water partition coefficient (Wildman–Crippen LogP) is 2.16. The average molecular weight is 385 g/mol. The van der Waals surface area contributed by atoms with Gasteiger partial charge in [0.2, 0.25) is 10.0 Å². The van der Waals surface area contributed by atoms with Crippen LogP contribution in [-0.4, -0.2) is 31.1 Å². The molecule has 0 radical (unpaired) electrons. The molecule has 0 aliphatic rings. The van der Waals surface area contributed by atoms with Crippen molar-refractivity contribution in [2.75, 3.05) is 6.54 Å². The number of aromatic carboxylic acids is 1. The summed E-state index contributed by atoms with van der Waals surface area (Å²) in [6.45, 7) is 1.96. The predicted molar refractivity (Wildman–Crippen MR) is 89.3 cm³/mol. The van der Waals surface area contributed by atoms with E-state index in [2.05, 4.69) is 4.72 Å². The summed E-state index contributed by atoms with van der Waals surface area (Å²) < 4.78 is 53.9. The van der Waals surface area contributed by atoms with Crippen LogP contribution in [0.5, 0.6) is 0 Å². The van der Waals surface area contributed by atoms with E-state index >= 15 is 0 Å². The minimum Gasteiger partial charge on any atom is -0.478 e. The summed E-state index contributed by atoms with van der Waals surface area (Å²) in [6.07, 6.45) is 0. The summed E-state index contributed by atoms with van der Waals surface area (Å²) >= 11 is 0. The summed E-state index contributed by atoms with van der Waals surface area (Å²) in [5.41, 5.74) is -2.44. The van der Waals surface area contributed by atoms with Gasteiger partial charge in [0, 0.05) is 18.2 Å². The fourth-order valence-corrected chi connectivity index (χ4v) is 3.87. The van der Waals surface area contributed by atoms with Gasteiger partial charge in [0.1, 0.15) is 17.2 Å². The third-order valence-corrected chi connectivity index (χ3v) is 5.30. The van der Waals surface area contributed by atoms with Crippen molar-refractivity contribution in [1.29, 1.82) is 0 Å². The lowest BCUT2D eigenvalue weighted by molar-refractivity contribution is 0.0588. The Morgan fingerprint density at radius 3 is 2.46 bits per heavy atom. The van der Waals surface area contributed by atoms with Crippen LogP contribution in [0.1, 0.15) is 28.4 Å². The van der Waals surface area contributed by atoms with E-state index in [4.69, 9.17) is 0 Å². The zero-order chi connectivity index (χ0) is 19.7. The molecular weight excluding hydrogens is 368 g/mol. The molecule has 2 rings (SSSR count). The number of sulfonamides is 1. The minimum absolute atomic E-state index is 0.247. The first-order valence-electron chi connectivity index (χ1n) is 7.46. The molecule has 140 valence electrons. The highest BCUT2D eigenvalue weighted by atomic mass is 32.2. The molecule has 2 aromatic rings. The maximum Gasteiger partial charge on any atom is 0.337 e. The Bertz CT molecular complexity index is 958. The molecule has 0 aliphatic heterocycles. The second-order valence-corrected chi connectivity index (χ2v) is 7.71. The van der Waals surface area contributed by atoms with Gasteiger partial charge in [-0.2, -0.15) is 0 Å². The number of nitrogens with one attached hydrogen (secondary N) is 1. The highest BCUT2D eigenvalue weighted by Gasteiger charge is 2.31. The smallest absolute Gasteiger partial charge is 0.337 e. The molecule has 3 N–H and O–H groups in total. The van der Waals surface area contributed by atoms with Gasteiger partial charge in [-0.15, -0.1) is 0 Å². The monoisotopic (exact) mass is 385 g/mol. The van der Waals surface area contributed by atoms with Gasteiger partial charge < -0.3 is 10.2 Å². The lowest BCUT2D eigenvalue weighted by Gasteiger charge is -2.25. The Morgan fingerprint density at radius 1 is 1.23 bits per heavy atom. The number of aliphatic hydroxyl groups is 1. The number of carboxylic acids is 1. The van der Waals surface area contributed by atoms with Crippen molar-refractivity contribution in [2.45, 2.75) is 24.3 Å². The van der Waals surface area contributed by atoms with Crippen molar-refractivity contribution in [3.8, 4) is 0 Å². The van der Waals surface area contributed by atoms with Crippen LogP contribution in [0.25, 0.3) is 0 Å². The zero-order valence-corrected chi connectivity index (χ0v) is 14.8. The average Bonchev–Trinajstić information content (AvgIpc) is 2.52. The van der Waals surface area contributed by atoms with Crippen LogP contribution in [0.15, 0.2) is 41.3 Å². The Kier molecular flexibility index (Phi) is 5.45. The third-order valence-electron chi connectivity index (χ3n) is 3.86. The molecule has 2 aromatic carbocycles. The second kappa shape index (κ2) is 7.10. The summed E-state index contributed by atoms with van der Waals surface area (Å²) in [6, 6.07) is 6.47. The van der Waals surface area contributed by atoms with Crippen LogP contribution in [0.2, 0.25) is 0 Å². The molecule has 0 saturated carbocycles. The molecule has 0 spiro atoms. The minimum atomic E-state index is -4.31. The fourth-order valence-electron chi connectivity index (χ4n) is 2.47. The fraction of sp³-hybridized carbons (Fsp3) is 0.235. The van der Waals surface area contributed by atoms with E-state index in [1.165, 1.54) is 19.1 Å². The van der Waals surface area contributed by atoms with Gasteiger partial charge in [0.25, 0.3) is 0 Å². The highest BCUT2D eigenvalue weighted by molar-refractivity contribution is 7.89. The molecule has 0 saturated heterocycles. The Morgan fingerprint density at radius 2 is 1.88 bits per heavy atom. The van der Waals surface area contributed by atoms with Crippen molar-refractivity contribution in [1.82, 2.24) is 4.72 Å². The molecular formula is C17H17F2NO5S. The van der Waals surface area contributed by atoms with Crippen molar-refractivity contribution < 1.29 is 32.2 Å². The highest BCUT2D eigenvalue weighted by Crippen LogP contribution is 2.25. The quantitative estimate of drug-likeness (QED) is 0.707. The number of aryl methyl sites for hydroxylation is 1. The van der Waals surface area contributed by atoms with E-state index in [1.54, 1.807) is 0 Å². The molecule has 9 heteroatoms. The van der Waals surface area contributed by atoms with Gasteiger partial charge in [-0.25, -0.2) is 26.7 Å². The van der Waals surface area contributed by atoms with E-state index in [0.29, 0.717) is 6.07 Å². The van der Waals surface area contributed by atoms with Crippen molar-refractivity contribution in [3.05, 3.63) is 64.7 Å². The molecule has 0 fully saturated rings. The molecule has 26 heavy (non-hydrogen) atoms. The molecule has 0 heterocycles. The first-order valence-corrected chi connectivity index (χ1v) is 8.94. The summed E-state index contributed by atoms with van der Waals surface area (Å²) in [5.74, 6) is -3.29. The molecule has 0 bridgehead atoms. The van der Waals surface area contributed by atoms with E-state index in [-0.39, 0.29) is 11.1 Å². The zero-order valence-electron chi connectivity index (χ0n) is 14.0. The normalized spacial score (nSPS) is 14.0. The first kappa shape index (κ1) is 20.0. The van der Waals surface area contributed by atoms with Crippen LogP contribution in [0.4, 0.5) is 8.78 Å². The van der Waals surface area contributed by atoms with E-state index in [1.807, 2.05) is 0 Å². The van der Waals surface area contributed by atoms with Gasteiger partial charge in [0.05, 0.1) is 10.5 Å². The van der Waals surface area contributed by atoms with Gasteiger partial charge >= 0.3 is 5.97 Å². The van der Waals surface area contributed by atoms with Crippen LogP contribution in [0, 0.1) is 18.6 Å². The number of rotatable bonds is 6. The van der Waals surface area contributed by atoms with Crippen LogP contribution < -0.4 is 4.72 Å². The number of benzene rings is 2. The largest absolute Gasteiger partial charge is 0.478 e. The van der Waals surface area contributed by atoms with Crippen molar-refractivity contribution in [2.24, 2.45) is 0 Å². The van der Waals surface area contributed by atoms with E-state index in [0.717, 1.165) is 25.1 Å². The Balaban J connectivity index is 2.34. The first-order chi connectivity index (χ1) is 12.0. The second-order valence-electron chi connectivity index (χ2n) is 5.98. The summed E-state index contributed by atoms with van der Waals surface area (Å²) in [7, 11) is -4.31. The number of halogens is 2. The van der Waals surface area contributed by atoms with Crippen molar-refractivity contribution in [3.63, 3.8) is 0 Å². The number of carbonyl (C=O) groups is 1. The van der Waals surface area contributed by atoms with Gasteiger partial charge in [0.15, 0.2) is 0 Å². The molecule has 1 atom stereocenters. The van der Waals surface area contributed by atoms with E-state index in [9.17, 15) is 32.2 Å². The van der Waals surface area contributed by atoms with Gasteiger partial charge in [-0.05, 0) is 31.5 Å². The number of carboxylic acid groups (broad SMARTS) is 1. The molecule has 1 unspecified atom stereocenters. The van der Waals surface area contributed by atoms with Crippen LogP contribution in [-0.2, 0) is 15.6 Å². The Labute approximate surface area is 149 Å². The van der Waals surface area contributed by atoms with Crippen LogP contribution >= 0.6 is 0 Å². The van der Waals surface area contributed by atoms with Crippen LogP contribution in [0.3, 0.4) is 0 Å². The Hall–Kier alpha value is -2.36. The van der Waals surface area contributed by atoms with Crippen molar-refractivity contribution >= 4 is 16.0 Å². The lowest BCUT2D eigenvalue weighted by Crippen LogP contribution is -2.39. The lowest BCUT2D eigenvalue weighted by atomic mass is 9.96. The molecule has 0 aromatic heterocycles. The molecule has 0 amide bonds. The number of hydrogen-bond acceptors (Lipinski definition) is 4. The van der Waals surface area contributed by atoms with E-state index < -0.39 is 50.2 Å². The molecule has 0 aliphatic carbocycles. The summed E-state index contributed by atoms with van der Waals surface area (Å²) in [5, 5.41) is 19.6.